The molecule has 1 saturated carbocycles. The van der Waals surface area contributed by atoms with Crippen LogP contribution in [-0.2, 0) is 16.0 Å². The molecule has 2 aliphatic rings. The van der Waals surface area contributed by atoms with E-state index in [9.17, 15) is 14.4 Å². The van der Waals surface area contributed by atoms with Crippen LogP contribution in [0.4, 0.5) is 0 Å². The smallest absolute Gasteiger partial charge is 0.251 e. The maximum Gasteiger partial charge on any atom is 0.251 e. The lowest BCUT2D eigenvalue weighted by molar-refractivity contribution is -0.135. The van der Waals surface area contributed by atoms with Gasteiger partial charge in [0.15, 0.2) is 0 Å². The summed E-state index contributed by atoms with van der Waals surface area (Å²) < 4.78 is 5.17. The second-order valence-corrected chi connectivity index (χ2v) is 9.55. The number of amides is 3. The summed E-state index contributed by atoms with van der Waals surface area (Å²) >= 11 is 0. The van der Waals surface area contributed by atoms with Gasteiger partial charge in [-0.2, -0.15) is 0 Å². The average molecular weight is 478 g/mol. The van der Waals surface area contributed by atoms with Gasteiger partial charge in [0.05, 0.1) is 19.4 Å². The van der Waals surface area contributed by atoms with Gasteiger partial charge in [0.25, 0.3) is 5.91 Å². The predicted octanol–water partition coefficient (Wildman–Crippen LogP) is 3.33. The minimum absolute atomic E-state index is 0.0159. The number of rotatable bonds is 7. The SMILES string of the molecule is COc1ccc(C(=O)N[C@@H]2CCCC[C@H]2NC(=O)C2CCCN(C(=O)Cc3ccccc3)C2)cc1. The molecule has 7 heteroatoms. The Hall–Kier alpha value is -3.35. The van der Waals surface area contributed by atoms with Crippen molar-refractivity contribution in [3.8, 4) is 5.75 Å². The van der Waals surface area contributed by atoms with Crippen LogP contribution in [0, 0.1) is 5.92 Å². The van der Waals surface area contributed by atoms with E-state index in [4.69, 9.17) is 4.74 Å². The summed E-state index contributed by atoms with van der Waals surface area (Å²) in [6.45, 7) is 1.15. The van der Waals surface area contributed by atoms with E-state index in [1.165, 1.54) is 0 Å². The molecule has 186 valence electrons. The molecule has 0 spiro atoms. The molecule has 3 amide bonds. The van der Waals surface area contributed by atoms with Crippen LogP contribution in [0.25, 0.3) is 0 Å². The maximum absolute atomic E-state index is 13.2. The molecule has 0 radical (unpaired) electrons. The van der Waals surface area contributed by atoms with Crippen molar-refractivity contribution in [2.24, 2.45) is 5.92 Å². The molecule has 3 atom stereocenters. The number of nitrogens with one attached hydrogen (secondary N) is 2. The van der Waals surface area contributed by atoms with E-state index in [-0.39, 0.29) is 35.7 Å². The lowest BCUT2D eigenvalue weighted by atomic mass is 9.88. The highest BCUT2D eigenvalue weighted by molar-refractivity contribution is 5.94. The summed E-state index contributed by atoms with van der Waals surface area (Å²) in [5, 5.41) is 6.34. The molecule has 2 aromatic rings. The first-order chi connectivity index (χ1) is 17.0. The molecular weight excluding hydrogens is 442 g/mol. The normalized spacial score (nSPS) is 22.2. The van der Waals surface area contributed by atoms with E-state index in [1.54, 1.807) is 31.4 Å². The molecule has 1 heterocycles. The molecule has 7 nitrogen and oxygen atoms in total. The van der Waals surface area contributed by atoms with Crippen molar-refractivity contribution in [2.45, 2.75) is 57.0 Å². The van der Waals surface area contributed by atoms with Crippen LogP contribution in [0.5, 0.6) is 5.75 Å². The van der Waals surface area contributed by atoms with Crippen molar-refractivity contribution in [2.75, 3.05) is 20.2 Å². The van der Waals surface area contributed by atoms with Crippen molar-refractivity contribution in [1.82, 2.24) is 15.5 Å². The highest BCUT2D eigenvalue weighted by atomic mass is 16.5. The Labute approximate surface area is 207 Å². The topological polar surface area (TPSA) is 87.7 Å². The Morgan fingerprint density at radius 1 is 0.886 bits per heavy atom. The Kier molecular flexibility index (Phi) is 8.40. The van der Waals surface area contributed by atoms with Crippen LogP contribution in [0.2, 0.25) is 0 Å². The van der Waals surface area contributed by atoms with E-state index in [0.29, 0.717) is 30.8 Å². The van der Waals surface area contributed by atoms with Crippen LogP contribution < -0.4 is 15.4 Å². The van der Waals surface area contributed by atoms with Crippen molar-refractivity contribution in [1.29, 1.82) is 0 Å². The van der Waals surface area contributed by atoms with E-state index in [0.717, 1.165) is 44.1 Å². The summed E-state index contributed by atoms with van der Waals surface area (Å²) in [6, 6.07) is 16.5. The summed E-state index contributed by atoms with van der Waals surface area (Å²) in [6.07, 6.45) is 5.66. The monoisotopic (exact) mass is 477 g/mol. The first-order valence-electron chi connectivity index (χ1n) is 12.6. The van der Waals surface area contributed by atoms with Crippen molar-refractivity contribution in [3.05, 3.63) is 65.7 Å². The van der Waals surface area contributed by atoms with Crippen LogP contribution in [0.3, 0.4) is 0 Å². The molecule has 2 fully saturated rings. The first-order valence-corrected chi connectivity index (χ1v) is 12.6. The number of likely N-dealkylation sites (tertiary alicyclic amines) is 1. The molecule has 1 saturated heterocycles. The molecule has 1 aliphatic carbocycles. The first kappa shape index (κ1) is 24.8. The second kappa shape index (κ2) is 11.9. The molecule has 0 aromatic heterocycles. The van der Waals surface area contributed by atoms with Crippen molar-refractivity contribution < 1.29 is 19.1 Å². The average Bonchev–Trinajstić information content (AvgIpc) is 2.90. The van der Waals surface area contributed by atoms with Gasteiger partial charge in [0.2, 0.25) is 11.8 Å². The number of hydrogen-bond donors (Lipinski definition) is 2. The number of nitrogens with zero attached hydrogens (tertiary/aromatic N) is 1. The molecule has 2 aromatic carbocycles. The van der Waals surface area contributed by atoms with Crippen LogP contribution >= 0.6 is 0 Å². The van der Waals surface area contributed by atoms with Crippen molar-refractivity contribution in [3.63, 3.8) is 0 Å². The zero-order valence-corrected chi connectivity index (χ0v) is 20.4. The van der Waals surface area contributed by atoms with Gasteiger partial charge in [-0.1, -0.05) is 43.2 Å². The number of benzene rings is 2. The van der Waals surface area contributed by atoms with E-state index >= 15 is 0 Å². The van der Waals surface area contributed by atoms with Crippen LogP contribution in [-0.4, -0.2) is 54.9 Å². The number of ether oxygens (including phenoxy) is 1. The third kappa shape index (κ3) is 6.62. The fraction of sp³-hybridized carbons (Fsp3) is 0.464. The van der Waals surface area contributed by atoms with Gasteiger partial charge in [-0.3, -0.25) is 14.4 Å². The summed E-state index contributed by atoms with van der Waals surface area (Å²) in [7, 11) is 1.59. The standard InChI is InChI=1S/C28H35N3O4/c1-35-23-15-13-21(14-16-23)27(33)29-24-11-5-6-12-25(24)30-28(34)22-10-7-17-31(19-22)26(32)18-20-8-3-2-4-9-20/h2-4,8-9,13-16,22,24-25H,5-7,10-12,17-19H2,1H3,(H,29,33)(H,30,34)/t22?,24-,25-/m1/s1. The molecule has 1 unspecified atom stereocenters. The molecule has 2 N–H and O–H groups in total. The zero-order chi connectivity index (χ0) is 24.6. The summed E-state index contributed by atoms with van der Waals surface area (Å²) in [5.41, 5.74) is 1.56. The Balaban J connectivity index is 1.32. The molecular formula is C28H35N3O4. The number of hydrogen-bond acceptors (Lipinski definition) is 4. The fourth-order valence-corrected chi connectivity index (χ4v) is 5.07. The predicted molar refractivity (Wildman–Crippen MR) is 134 cm³/mol. The molecule has 1 aliphatic heterocycles. The van der Waals surface area contributed by atoms with E-state index in [1.807, 2.05) is 35.2 Å². The van der Waals surface area contributed by atoms with Crippen LogP contribution in [0.1, 0.15) is 54.4 Å². The lowest BCUT2D eigenvalue weighted by Gasteiger charge is -2.36. The number of carbonyl (C=O) groups excluding carboxylic acids is 3. The zero-order valence-electron chi connectivity index (χ0n) is 20.4. The summed E-state index contributed by atoms with van der Waals surface area (Å²) in [5.74, 6) is 0.388. The summed E-state index contributed by atoms with van der Waals surface area (Å²) in [4.78, 5) is 40.6. The highest BCUT2D eigenvalue weighted by Crippen LogP contribution is 2.22. The lowest BCUT2D eigenvalue weighted by Crippen LogP contribution is -2.55. The largest absolute Gasteiger partial charge is 0.497 e. The minimum Gasteiger partial charge on any atom is -0.497 e. The molecule has 35 heavy (non-hydrogen) atoms. The number of methoxy groups -OCH3 is 1. The van der Waals surface area contributed by atoms with Gasteiger partial charge in [-0.25, -0.2) is 0 Å². The highest BCUT2D eigenvalue weighted by Gasteiger charge is 2.33. The van der Waals surface area contributed by atoms with Crippen molar-refractivity contribution >= 4 is 17.7 Å². The van der Waals surface area contributed by atoms with Gasteiger partial charge in [0.1, 0.15) is 5.75 Å². The van der Waals surface area contributed by atoms with Gasteiger partial charge >= 0.3 is 0 Å². The third-order valence-corrected chi connectivity index (χ3v) is 7.11. The van der Waals surface area contributed by atoms with Gasteiger partial charge in [-0.15, -0.1) is 0 Å². The Bertz CT molecular complexity index is 1010. The maximum atomic E-state index is 13.2. The Morgan fingerprint density at radius 2 is 1.57 bits per heavy atom. The third-order valence-electron chi connectivity index (χ3n) is 7.11. The quantitative estimate of drug-likeness (QED) is 0.640. The molecule has 4 rings (SSSR count). The van der Waals surface area contributed by atoms with Crippen LogP contribution in [0.15, 0.2) is 54.6 Å². The fourth-order valence-electron chi connectivity index (χ4n) is 5.07. The molecule has 0 bridgehead atoms. The van der Waals surface area contributed by atoms with Gasteiger partial charge in [0, 0.05) is 30.7 Å². The number of piperidine rings is 1. The van der Waals surface area contributed by atoms with E-state index < -0.39 is 0 Å². The Morgan fingerprint density at radius 3 is 2.26 bits per heavy atom. The minimum atomic E-state index is -0.219. The van der Waals surface area contributed by atoms with Gasteiger partial charge in [-0.05, 0) is 55.5 Å². The second-order valence-electron chi connectivity index (χ2n) is 9.55. The van der Waals surface area contributed by atoms with Gasteiger partial charge < -0.3 is 20.3 Å². The number of carbonyl (C=O) groups is 3. The van der Waals surface area contributed by atoms with E-state index in [2.05, 4.69) is 10.6 Å².